The molecule has 6 nitrogen and oxygen atoms in total. The Hall–Kier alpha value is -3.38. The molecule has 0 unspecified atom stereocenters. The second-order valence-corrected chi connectivity index (χ2v) is 6.87. The lowest BCUT2D eigenvalue weighted by Gasteiger charge is -2.30. The van der Waals surface area contributed by atoms with Crippen LogP contribution in [0.1, 0.15) is 10.4 Å². The second-order valence-electron chi connectivity index (χ2n) is 6.87. The van der Waals surface area contributed by atoms with Crippen LogP contribution in [-0.4, -0.2) is 44.2 Å². The second kappa shape index (κ2) is 8.75. The first-order valence-electron chi connectivity index (χ1n) is 9.70. The molecule has 1 aromatic heterocycles. The molecular formula is C23H24N4O2. The summed E-state index contributed by atoms with van der Waals surface area (Å²) in [6.07, 6.45) is 1.66. The third kappa shape index (κ3) is 4.38. The largest absolute Gasteiger partial charge is 0.378 e. The van der Waals surface area contributed by atoms with Gasteiger partial charge in [-0.15, -0.1) is 0 Å². The molecule has 0 aliphatic carbocycles. The predicted molar refractivity (Wildman–Crippen MR) is 116 cm³/mol. The van der Waals surface area contributed by atoms with Gasteiger partial charge >= 0.3 is 0 Å². The predicted octanol–water partition coefficient (Wildman–Crippen LogP) is 3.94. The molecule has 0 spiro atoms. The highest BCUT2D eigenvalue weighted by Gasteiger charge is 2.16. The molecule has 1 saturated heterocycles. The third-order valence-electron chi connectivity index (χ3n) is 4.97. The maximum Gasteiger partial charge on any atom is 0.258 e. The first kappa shape index (κ1) is 19.0. The van der Waals surface area contributed by atoms with E-state index in [-0.39, 0.29) is 5.91 Å². The molecule has 0 saturated carbocycles. The van der Waals surface area contributed by atoms with E-state index in [1.807, 2.05) is 48.5 Å². The third-order valence-corrected chi connectivity index (χ3v) is 4.97. The van der Waals surface area contributed by atoms with Gasteiger partial charge in [0.2, 0.25) is 0 Å². The van der Waals surface area contributed by atoms with E-state index in [1.54, 1.807) is 30.3 Å². The van der Waals surface area contributed by atoms with E-state index in [9.17, 15) is 4.79 Å². The molecule has 0 radical (unpaired) electrons. The van der Waals surface area contributed by atoms with Crippen LogP contribution >= 0.6 is 0 Å². The van der Waals surface area contributed by atoms with Gasteiger partial charge in [-0.3, -0.25) is 4.79 Å². The van der Waals surface area contributed by atoms with Crippen LogP contribution in [0, 0.1) is 0 Å². The number of nitrogens with zero attached hydrogens (tertiary/aromatic N) is 3. The molecular weight excluding hydrogens is 364 g/mol. The molecule has 0 atom stereocenters. The van der Waals surface area contributed by atoms with Crippen LogP contribution < -0.4 is 15.1 Å². The lowest BCUT2D eigenvalue weighted by Crippen LogP contribution is -2.36. The molecule has 1 N–H and O–H groups in total. The van der Waals surface area contributed by atoms with Crippen molar-refractivity contribution in [1.82, 2.24) is 4.98 Å². The van der Waals surface area contributed by atoms with Crippen LogP contribution in [0.2, 0.25) is 0 Å². The highest BCUT2D eigenvalue weighted by molar-refractivity contribution is 6.06. The van der Waals surface area contributed by atoms with Gasteiger partial charge in [0.25, 0.3) is 5.91 Å². The zero-order valence-electron chi connectivity index (χ0n) is 16.4. The number of carbonyl (C=O) groups excluding carboxylic acids is 1. The molecule has 1 aliphatic heterocycles. The maximum atomic E-state index is 12.9. The molecule has 0 bridgehead atoms. The fourth-order valence-electron chi connectivity index (χ4n) is 3.39. The summed E-state index contributed by atoms with van der Waals surface area (Å²) in [6.45, 7) is 3.16. The number of benzene rings is 2. The van der Waals surface area contributed by atoms with Crippen molar-refractivity contribution in [1.29, 1.82) is 0 Å². The minimum Gasteiger partial charge on any atom is -0.378 e. The Morgan fingerprint density at radius 2 is 1.76 bits per heavy atom. The van der Waals surface area contributed by atoms with Crippen molar-refractivity contribution in [2.75, 3.05) is 48.5 Å². The Morgan fingerprint density at radius 1 is 1.03 bits per heavy atom. The van der Waals surface area contributed by atoms with Gasteiger partial charge in [0, 0.05) is 37.6 Å². The van der Waals surface area contributed by atoms with E-state index in [0.29, 0.717) is 11.4 Å². The van der Waals surface area contributed by atoms with Crippen molar-refractivity contribution in [3.8, 4) is 0 Å². The van der Waals surface area contributed by atoms with Crippen LogP contribution in [0.5, 0.6) is 0 Å². The van der Waals surface area contributed by atoms with E-state index in [4.69, 9.17) is 4.74 Å². The number of carbonyl (C=O) groups is 1. The Labute approximate surface area is 170 Å². The Bertz CT molecular complexity index is 971. The topological polar surface area (TPSA) is 57.7 Å². The fourth-order valence-corrected chi connectivity index (χ4v) is 3.39. The molecule has 4 rings (SSSR count). The van der Waals surface area contributed by atoms with Gasteiger partial charge in [-0.1, -0.05) is 30.3 Å². The van der Waals surface area contributed by atoms with Gasteiger partial charge in [0.1, 0.15) is 5.82 Å². The Kier molecular flexibility index (Phi) is 5.72. The first-order chi connectivity index (χ1) is 14.2. The number of pyridine rings is 1. The molecule has 3 aromatic rings. The lowest BCUT2D eigenvalue weighted by atomic mass is 10.2. The minimum atomic E-state index is -0.0804. The number of amides is 1. The summed E-state index contributed by atoms with van der Waals surface area (Å²) < 4.78 is 5.46. The van der Waals surface area contributed by atoms with E-state index >= 15 is 0 Å². The number of para-hydroxylation sites is 3. The summed E-state index contributed by atoms with van der Waals surface area (Å²) in [5.74, 6) is 0.557. The summed E-state index contributed by atoms with van der Waals surface area (Å²) in [5.41, 5.74) is 3.50. The van der Waals surface area contributed by atoms with Crippen LogP contribution in [-0.2, 0) is 4.74 Å². The summed E-state index contributed by atoms with van der Waals surface area (Å²) in [6, 6.07) is 21.3. The number of nitrogens with one attached hydrogen (secondary N) is 1. The molecule has 1 aliphatic rings. The summed E-state index contributed by atoms with van der Waals surface area (Å²) in [7, 11) is 1.78. The number of anilines is 4. The van der Waals surface area contributed by atoms with Gasteiger partial charge in [-0.05, 0) is 36.4 Å². The smallest absolute Gasteiger partial charge is 0.258 e. The number of hydrogen-bond donors (Lipinski definition) is 1. The van der Waals surface area contributed by atoms with Gasteiger partial charge in [-0.2, -0.15) is 0 Å². The number of hydrogen-bond acceptors (Lipinski definition) is 5. The quantitative estimate of drug-likeness (QED) is 0.718. The number of ether oxygens (including phenoxy) is 1. The molecule has 1 amide bonds. The van der Waals surface area contributed by atoms with E-state index < -0.39 is 0 Å². The first-order valence-corrected chi connectivity index (χ1v) is 9.70. The average Bonchev–Trinajstić information content (AvgIpc) is 2.80. The van der Waals surface area contributed by atoms with Crippen LogP contribution in [0.3, 0.4) is 0 Å². The van der Waals surface area contributed by atoms with Crippen molar-refractivity contribution in [2.24, 2.45) is 0 Å². The number of rotatable bonds is 5. The van der Waals surface area contributed by atoms with Crippen molar-refractivity contribution < 1.29 is 9.53 Å². The van der Waals surface area contributed by atoms with E-state index in [1.165, 1.54) is 0 Å². The Balaban J connectivity index is 1.55. The fraction of sp³-hybridized carbons (Fsp3) is 0.217. The summed E-state index contributed by atoms with van der Waals surface area (Å²) in [4.78, 5) is 21.3. The molecule has 2 aromatic carbocycles. The zero-order chi connectivity index (χ0) is 20.1. The van der Waals surface area contributed by atoms with Crippen LogP contribution in [0.4, 0.5) is 22.9 Å². The van der Waals surface area contributed by atoms with Crippen molar-refractivity contribution in [3.05, 3.63) is 78.5 Å². The van der Waals surface area contributed by atoms with Gasteiger partial charge < -0.3 is 19.9 Å². The maximum absolute atomic E-state index is 12.9. The van der Waals surface area contributed by atoms with Gasteiger partial charge in [0.15, 0.2) is 0 Å². The lowest BCUT2D eigenvalue weighted by molar-refractivity contribution is 0.0993. The van der Waals surface area contributed by atoms with E-state index in [2.05, 4.69) is 21.3 Å². The highest BCUT2D eigenvalue weighted by Crippen LogP contribution is 2.29. The van der Waals surface area contributed by atoms with Gasteiger partial charge in [-0.25, -0.2) is 4.98 Å². The van der Waals surface area contributed by atoms with Crippen molar-refractivity contribution in [3.63, 3.8) is 0 Å². The summed E-state index contributed by atoms with van der Waals surface area (Å²) >= 11 is 0. The number of morpholine rings is 1. The van der Waals surface area contributed by atoms with Crippen molar-refractivity contribution >= 4 is 28.8 Å². The molecule has 1 fully saturated rings. The van der Waals surface area contributed by atoms with Gasteiger partial charge in [0.05, 0.1) is 24.6 Å². The zero-order valence-corrected chi connectivity index (χ0v) is 16.4. The monoisotopic (exact) mass is 388 g/mol. The molecule has 29 heavy (non-hydrogen) atoms. The SMILES string of the molecule is CN(C(=O)c1ccnc(Nc2ccccc2N2CCOCC2)c1)c1ccccc1. The average molecular weight is 388 g/mol. The normalized spacial score (nSPS) is 13.8. The molecule has 148 valence electrons. The van der Waals surface area contributed by atoms with Crippen LogP contribution in [0.25, 0.3) is 0 Å². The Morgan fingerprint density at radius 3 is 2.55 bits per heavy atom. The van der Waals surface area contributed by atoms with E-state index in [0.717, 1.165) is 43.4 Å². The summed E-state index contributed by atoms with van der Waals surface area (Å²) in [5, 5.41) is 3.38. The number of aromatic nitrogens is 1. The standard InChI is InChI=1S/C23H24N4O2/c1-26(19-7-3-2-4-8-19)23(28)18-11-12-24-22(17-18)25-20-9-5-6-10-21(20)27-13-15-29-16-14-27/h2-12,17H,13-16H2,1H3,(H,24,25). The molecule has 2 heterocycles. The molecule has 6 heteroatoms. The van der Waals surface area contributed by atoms with Crippen molar-refractivity contribution in [2.45, 2.75) is 0 Å². The van der Waals surface area contributed by atoms with Crippen LogP contribution in [0.15, 0.2) is 72.9 Å². The minimum absolute atomic E-state index is 0.0804. The highest BCUT2D eigenvalue weighted by atomic mass is 16.5.